The van der Waals surface area contributed by atoms with Crippen molar-refractivity contribution in [2.75, 3.05) is 6.54 Å². The fourth-order valence-electron chi connectivity index (χ4n) is 2.47. The van der Waals surface area contributed by atoms with E-state index in [-0.39, 0.29) is 35.6 Å². The first-order valence-electron chi connectivity index (χ1n) is 8.75. The zero-order chi connectivity index (χ0) is 22.4. The lowest BCUT2D eigenvalue weighted by atomic mass is 10.1. The molecule has 30 heavy (non-hydrogen) atoms. The van der Waals surface area contributed by atoms with Crippen LogP contribution in [0.1, 0.15) is 19.3 Å². The molecule has 2 N–H and O–H groups in total. The Balaban J connectivity index is 1.87. The van der Waals surface area contributed by atoms with E-state index in [4.69, 9.17) is 0 Å². The fraction of sp³-hybridized carbons (Fsp3) is 0.278. The first-order valence-corrected chi connectivity index (χ1v) is 11.7. The van der Waals surface area contributed by atoms with Gasteiger partial charge >= 0.3 is 0 Å². The van der Waals surface area contributed by atoms with Gasteiger partial charge in [0.15, 0.2) is 0 Å². The van der Waals surface area contributed by atoms with E-state index in [0.29, 0.717) is 0 Å². The van der Waals surface area contributed by atoms with Gasteiger partial charge in [-0.3, -0.25) is 0 Å². The van der Waals surface area contributed by atoms with Crippen LogP contribution in [0.4, 0.5) is 8.78 Å². The number of hydrogen-bond donors (Lipinski definition) is 2. The summed E-state index contributed by atoms with van der Waals surface area (Å²) in [6.07, 6.45) is 0.222. The number of hydrogen-bond acceptors (Lipinski definition) is 6. The summed E-state index contributed by atoms with van der Waals surface area (Å²) >= 11 is 0. The molecule has 2 aromatic carbocycles. The third-order valence-electron chi connectivity index (χ3n) is 4.04. The van der Waals surface area contributed by atoms with Crippen molar-refractivity contribution in [3.8, 4) is 0 Å². The summed E-state index contributed by atoms with van der Waals surface area (Å²) in [4.78, 5) is 10.8. The highest BCUT2D eigenvalue weighted by Gasteiger charge is 2.21. The number of unbranched alkanes of at least 4 members (excludes halogenated alkanes) is 1. The van der Waals surface area contributed by atoms with E-state index >= 15 is 0 Å². The number of carboxylic acid groups (broad SMARTS) is 1. The van der Waals surface area contributed by atoms with Gasteiger partial charge in [-0.05, 0) is 61.4 Å². The Labute approximate surface area is 173 Å². The maximum atomic E-state index is 12.9. The Morgan fingerprint density at radius 3 is 1.77 bits per heavy atom. The van der Waals surface area contributed by atoms with Crippen molar-refractivity contribution in [3.05, 3.63) is 60.2 Å². The standard InChI is InChI=1S/C18H20F2N2O6S2/c19-13-4-8-15(9-5-13)29(25,26)21-12-2-1-3-17(18(23)24)22-30(27,28)16-10-6-14(20)7-11-16/h4-11,17,21-22H,1-3,12H2,(H,23,24)/p-1/t17-/m0/s1. The summed E-state index contributed by atoms with van der Waals surface area (Å²) in [6.45, 7) is -0.0375. The lowest BCUT2D eigenvalue weighted by molar-refractivity contribution is -0.308. The summed E-state index contributed by atoms with van der Waals surface area (Å²) in [6, 6.07) is 6.52. The largest absolute Gasteiger partial charge is 0.548 e. The Kier molecular flexibility index (Phi) is 8.01. The quantitative estimate of drug-likeness (QED) is 0.469. The van der Waals surface area contributed by atoms with Crippen LogP contribution in [-0.2, 0) is 24.8 Å². The summed E-state index contributed by atoms with van der Waals surface area (Å²) in [5.74, 6) is -2.87. The second kappa shape index (κ2) is 10.1. The second-order valence-corrected chi connectivity index (χ2v) is 9.78. The highest BCUT2D eigenvalue weighted by Crippen LogP contribution is 2.13. The first kappa shape index (κ1) is 23.9. The van der Waals surface area contributed by atoms with Gasteiger partial charge in [0.05, 0.1) is 21.8 Å². The number of carbonyl (C=O) groups is 1. The van der Waals surface area contributed by atoms with E-state index in [1.807, 2.05) is 4.72 Å². The average molecular weight is 461 g/mol. The van der Waals surface area contributed by atoms with Gasteiger partial charge in [-0.15, -0.1) is 0 Å². The summed E-state index contributed by atoms with van der Waals surface area (Å²) in [5, 5.41) is 11.3. The number of carbonyl (C=O) groups excluding carboxylic acids is 1. The smallest absolute Gasteiger partial charge is 0.241 e. The minimum absolute atomic E-state index is 0.0375. The lowest BCUT2D eigenvalue weighted by Crippen LogP contribution is -2.47. The number of halogens is 2. The van der Waals surface area contributed by atoms with Crippen LogP contribution in [0.2, 0.25) is 0 Å². The molecule has 1 atom stereocenters. The first-order chi connectivity index (χ1) is 14.0. The van der Waals surface area contributed by atoms with Crippen LogP contribution in [0.3, 0.4) is 0 Å². The molecule has 0 amide bonds. The molecule has 0 saturated carbocycles. The molecule has 0 aliphatic carbocycles. The van der Waals surface area contributed by atoms with Crippen molar-refractivity contribution in [2.45, 2.75) is 35.1 Å². The summed E-state index contributed by atoms with van der Waals surface area (Å²) < 4.78 is 78.6. The van der Waals surface area contributed by atoms with Crippen LogP contribution < -0.4 is 14.6 Å². The predicted molar refractivity (Wildman–Crippen MR) is 101 cm³/mol. The zero-order valence-electron chi connectivity index (χ0n) is 15.5. The van der Waals surface area contributed by atoms with Gasteiger partial charge in [0.1, 0.15) is 11.6 Å². The number of carboxylic acids is 1. The fourth-order valence-corrected chi connectivity index (χ4v) is 4.76. The minimum atomic E-state index is -4.21. The molecule has 12 heteroatoms. The Hall–Kier alpha value is -2.41. The van der Waals surface area contributed by atoms with Crippen LogP contribution in [-0.4, -0.2) is 35.4 Å². The van der Waals surface area contributed by atoms with E-state index in [1.54, 1.807) is 0 Å². The van der Waals surface area contributed by atoms with Crippen LogP contribution in [0, 0.1) is 11.6 Å². The second-order valence-electron chi connectivity index (χ2n) is 6.29. The minimum Gasteiger partial charge on any atom is -0.548 e. The monoisotopic (exact) mass is 461 g/mol. The molecule has 2 rings (SSSR count). The lowest BCUT2D eigenvalue weighted by Gasteiger charge is -2.19. The Bertz CT molecular complexity index is 1070. The van der Waals surface area contributed by atoms with Crippen LogP contribution in [0.15, 0.2) is 58.3 Å². The molecule has 0 aromatic heterocycles. The number of aliphatic carboxylic acids is 1. The molecule has 0 aliphatic rings. The summed E-state index contributed by atoms with van der Waals surface area (Å²) in [7, 11) is -8.06. The Morgan fingerprint density at radius 2 is 1.30 bits per heavy atom. The molecule has 0 heterocycles. The Morgan fingerprint density at radius 1 is 0.833 bits per heavy atom. The van der Waals surface area contributed by atoms with Crippen LogP contribution >= 0.6 is 0 Å². The molecule has 0 spiro atoms. The van der Waals surface area contributed by atoms with E-state index in [1.165, 1.54) is 0 Å². The molecule has 164 valence electrons. The maximum absolute atomic E-state index is 12.9. The van der Waals surface area contributed by atoms with Crippen LogP contribution in [0.5, 0.6) is 0 Å². The highest BCUT2D eigenvalue weighted by atomic mass is 32.2. The molecular weight excluding hydrogens is 442 g/mol. The molecule has 8 nitrogen and oxygen atoms in total. The number of rotatable bonds is 11. The van der Waals surface area contributed by atoms with Gasteiger partial charge < -0.3 is 9.90 Å². The third-order valence-corrected chi connectivity index (χ3v) is 7.01. The average Bonchev–Trinajstić information content (AvgIpc) is 2.67. The van der Waals surface area contributed by atoms with Crippen molar-refractivity contribution in [2.24, 2.45) is 0 Å². The van der Waals surface area contributed by atoms with Crippen molar-refractivity contribution in [1.82, 2.24) is 9.44 Å². The SMILES string of the molecule is O=C([O-])[C@H](CCCCNS(=O)(=O)c1ccc(F)cc1)NS(=O)(=O)c1ccc(F)cc1. The van der Waals surface area contributed by atoms with Gasteiger partial charge in [-0.25, -0.2) is 35.1 Å². The molecule has 0 fully saturated rings. The van der Waals surface area contributed by atoms with Gasteiger partial charge in [0, 0.05) is 6.54 Å². The van der Waals surface area contributed by atoms with Crippen molar-refractivity contribution in [1.29, 1.82) is 0 Å². The normalized spacial score (nSPS) is 13.1. The number of benzene rings is 2. The molecular formula is C18H19F2N2O6S2-. The number of sulfonamides is 2. The van der Waals surface area contributed by atoms with Crippen molar-refractivity contribution < 1.29 is 35.5 Å². The van der Waals surface area contributed by atoms with Gasteiger partial charge in [0.25, 0.3) is 0 Å². The van der Waals surface area contributed by atoms with Gasteiger partial charge in [-0.1, -0.05) is 6.42 Å². The van der Waals surface area contributed by atoms with Crippen LogP contribution in [0.25, 0.3) is 0 Å². The predicted octanol–water partition coefficient (Wildman–Crippen LogP) is 0.510. The number of nitrogens with one attached hydrogen (secondary N) is 2. The van der Waals surface area contributed by atoms with Crippen molar-refractivity contribution >= 4 is 26.0 Å². The molecule has 0 radical (unpaired) electrons. The van der Waals surface area contributed by atoms with E-state index in [0.717, 1.165) is 48.5 Å². The zero-order valence-corrected chi connectivity index (χ0v) is 17.2. The molecule has 0 saturated heterocycles. The van der Waals surface area contributed by atoms with Gasteiger partial charge in [0.2, 0.25) is 20.0 Å². The van der Waals surface area contributed by atoms with Crippen molar-refractivity contribution in [3.63, 3.8) is 0 Å². The topological polar surface area (TPSA) is 132 Å². The van der Waals surface area contributed by atoms with E-state index < -0.39 is 43.7 Å². The molecule has 0 bridgehead atoms. The highest BCUT2D eigenvalue weighted by molar-refractivity contribution is 7.89. The third kappa shape index (κ3) is 6.83. The molecule has 0 unspecified atom stereocenters. The summed E-state index contributed by atoms with van der Waals surface area (Å²) in [5.41, 5.74) is 0. The van der Waals surface area contributed by atoms with E-state index in [9.17, 15) is 35.5 Å². The molecule has 2 aromatic rings. The van der Waals surface area contributed by atoms with E-state index in [2.05, 4.69) is 4.72 Å². The molecule has 0 aliphatic heterocycles. The maximum Gasteiger partial charge on any atom is 0.241 e. The van der Waals surface area contributed by atoms with Gasteiger partial charge in [-0.2, -0.15) is 0 Å².